The van der Waals surface area contributed by atoms with Gasteiger partial charge in [-0.05, 0) is 56.9 Å². The summed E-state index contributed by atoms with van der Waals surface area (Å²) < 4.78 is 16.8. The summed E-state index contributed by atoms with van der Waals surface area (Å²) in [5, 5.41) is 18.3. The van der Waals surface area contributed by atoms with E-state index >= 15 is 0 Å². The SMILES string of the molecule is COCCOCOC(C)(c1ccc(C(C)(C)OO)cc1)c1ccc(C(C)(C)OO)cc1. The maximum atomic E-state index is 9.17. The van der Waals surface area contributed by atoms with Crippen molar-refractivity contribution in [1.29, 1.82) is 0 Å². The van der Waals surface area contributed by atoms with Crippen LogP contribution in [0.5, 0.6) is 0 Å². The molecule has 0 aliphatic heterocycles. The van der Waals surface area contributed by atoms with Crippen LogP contribution in [0.3, 0.4) is 0 Å². The molecule has 7 heteroatoms. The van der Waals surface area contributed by atoms with E-state index in [0.717, 1.165) is 22.3 Å². The maximum Gasteiger partial charge on any atom is 0.148 e. The maximum absolute atomic E-state index is 9.17. The molecule has 0 bridgehead atoms. The molecule has 0 unspecified atom stereocenters. The van der Waals surface area contributed by atoms with Crippen molar-refractivity contribution in [2.45, 2.75) is 51.4 Å². The van der Waals surface area contributed by atoms with Crippen LogP contribution in [0.15, 0.2) is 48.5 Å². The number of hydrogen-bond donors (Lipinski definition) is 2. The van der Waals surface area contributed by atoms with Crippen LogP contribution < -0.4 is 0 Å². The average Bonchev–Trinajstić information content (AvgIpc) is 2.79. The molecule has 0 saturated carbocycles. The minimum Gasteiger partial charge on any atom is -0.382 e. The lowest BCUT2D eigenvalue weighted by Crippen LogP contribution is -2.30. The Labute approximate surface area is 184 Å². The van der Waals surface area contributed by atoms with Crippen LogP contribution in [-0.4, -0.2) is 37.6 Å². The van der Waals surface area contributed by atoms with Gasteiger partial charge in [0.15, 0.2) is 0 Å². The first-order valence-corrected chi connectivity index (χ1v) is 10.2. The van der Waals surface area contributed by atoms with E-state index in [2.05, 4.69) is 9.78 Å². The molecule has 2 N–H and O–H groups in total. The predicted molar refractivity (Wildman–Crippen MR) is 117 cm³/mol. The van der Waals surface area contributed by atoms with E-state index in [4.69, 9.17) is 14.2 Å². The van der Waals surface area contributed by atoms with Gasteiger partial charge in [0.25, 0.3) is 0 Å². The van der Waals surface area contributed by atoms with Crippen LogP contribution in [0.25, 0.3) is 0 Å². The smallest absolute Gasteiger partial charge is 0.148 e. The van der Waals surface area contributed by atoms with E-state index in [1.807, 2.05) is 55.5 Å². The van der Waals surface area contributed by atoms with Gasteiger partial charge < -0.3 is 14.2 Å². The summed E-state index contributed by atoms with van der Waals surface area (Å²) in [6.45, 7) is 10.1. The van der Waals surface area contributed by atoms with Crippen LogP contribution in [0.1, 0.15) is 56.9 Å². The van der Waals surface area contributed by atoms with Crippen molar-refractivity contribution < 1.29 is 34.5 Å². The number of benzene rings is 2. The lowest BCUT2D eigenvalue weighted by Gasteiger charge is -2.32. The highest BCUT2D eigenvalue weighted by Crippen LogP contribution is 2.36. The van der Waals surface area contributed by atoms with Crippen molar-refractivity contribution in [1.82, 2.24) is 0 Å². The first-order valence-electron chi connectivity index (χ1n) is 10.2. The monoisotopic (exact) mass is 434 g/mol. The van der Waals surface area contributed by atoms with E-state index in [0.29, 0.717) is 13.2 Å². The molecule has 0 heterocycles. The highest BCUT2D eigenvalue weighted by atomic mass is 17.1. The Bertz CT molecular complexity index is 738. The van der Waals surface area contributed by atoms with Gasteiger partial charge in [-0.1, -0.05) is 48.5 Å². The first-order chi connectivity index (χ1) is 14.6. The molecule has 0 atom stereocenters. The van der Waals surface area contributed by atoms with Gasteiger partial charge in [0.1, 0.15) is 23.6 Å². The van der Waals surface area contributed by atoms with Crippen molar-refractivity contribution >= 4 is 0 Å². The zero-order chi connectivity index (χ0) is 23.1. The number of ether oxygens (including phenoxy) is 3. The fourth-order valence-electron chi connectivity index (χ4n) is 3.18. The van der Waals surface area contributed by atoms with Gasteiger partial charge in [-0.15, -0.1) is 0 Å². The summed E-state index contributed by atoms with van der Waals surface area (Å²) in [6, 6.07) is 15.4. The summed E-state index contributed by atoms with van der Waals surface area (Å²) >= 11 is 0. The molecular formula is C24H34O7. The molecule has 0 spiro atoms. The Hall–Kier alpha value is -1.84. The molecule has 2 rings (SSSR count). The summed E-state index contributed by atoms with van der Waals surface area (Å²) in [7, 11) is 1.62. The molecule has 0 aliphatic carbocycles. The minimum atomic E-state index is -0.823. The molecule has 0 aliphatic rings. The number of hydrogen-bond acceptors (Lipinski definition) is 7. The van der Waals surface area contributed by atoms with Crippen molar-refractivity contribution in [3.8, 4) is 0 Å². The van der Waals surface area contributed by atoms with Gasteiger partial charge in [0.2, 0.25) is 0 Å². The largest absolute Gasteiger partial charge is 0.382 e. The molecule has 0 amide bonds. The van der Waals surface area contributed by atoms with Gasteiger partial charge in [0, 0.05) is 7.11 Å². The Kier molecular flexibility index (Phi) is 8.73. The fraction of sp³-hybridized carbons (Fsp3) is 0.500. The Morgan fingerprint density at radius 2 is 1.03 bits per heavy atom. The molecule has 7 nitrogen and oxygen atoms in total. The molecule has 2 aromatic rings. The topological polar surface area (TPSA) is 86.6 Å². The van der Waals surface area contributed by atoms with E-state index in [-0.39, 0.29) is 6.79 Å². The first kappa shape index (κ1) is 25.4. The van der Waals surface area contributed by atoms with E-state index in [1.165, 1.54) is 0 Å². The van der Waals surface area contributed by atoms with Crippen LogP contribution in [0, 0.1) is 0 Å². The second-order valence-electron chi connectivity index (χ2n) is 8.55. The van der Waals surface area contributed by atoms with Gasteiger partial charge >= 0.3 is 0 Å². The molecule has 172 valence electrons. The highest BCUT2D eigenvalue weighted by Gasteiger charge is 2.32. The van der Waals surface area contributed by atoms with Gasteiger partial charge in [-0.2, -0.15) is 0 Å². The van der Waals surface area contributed by atoms with Gasteiger partial charge in [-0.3, -0.25) is 10.5 Å². The van der Waals surface area contributed by atoms with Crippen molar-refractivity contribution in [3.63, 3.8) is 0 Å². The van der Waals surface area contributed by atoms with E-state index in [9.17, 15) is 10.5 Å². The molecule has 31 heavy (non-hydrogen) atoms. The Morgan fingerprint density at radius 1 is 0.645 bits per heavy atom. The molecule has 0 saturated heterocycles. The van der Waals surface area contributed by atoms with Crippen LogP contribution in [0.2, 0.25) is 0 Å². The third kappa shape index (κ3) is 6.11. The van der Waals surface area contributed by atoms with Gasteiger partial charge in [0.05, 0.1) is 13.2 Å². The summed E-state index contributed by atoms with van der Waals surface area (Å²) in [4.78, 5) is 9.19. The Balaban J connectivity index is 2.37. The quantitative estimate of drug-likeness (QED) is 0.209. The summed E-state index contributed by atoms with van der Waals surface area (Å²) in [5.41, 5.74) is 1.02. The number of rotatable bonds is 12. The molecule has 0 radical (unpaired) electrons. The molecule has 0 aromatic heterocycles. The van der Waals surface area contributed by atoms with Crippen molar-refractivity contribution in [2.75, 3.05) is 27.1 Å². The van der Waals surface area contributed by atoms with Crippen LogP contribution >= 0.6 is 0 Å². The zero-order valence-electron chi connectivity index (χ0n) is 19.2. The van der Waals surface area contributed by atoms with E-state index < -0.39 is 16.8 Å². The molecule has 2 aromatic carbocycles. The van der Waals surface area contributed by atoms with Crippen molar-refractivity contribution in [3.05, 3.63) is 70.8 Å². The lowest BCUT2D eigenvalue weighted by atomic mass is 9.85. The summed E-state index contributed by atoms with van der Waals surface area (Å²) in [6.07, 6.45) is 0. The van der Waals surface area contributed by atoms with E-state index in [1.54, 1.807) is 34.8 Å². The van der Waals surface area contributed by atoms with Gasteiger partial charge in [-0.25, -0.2) is 9.78 Å². The molecular weight excluding hydrogens is 400 g/mol. The average molecular weight is 435 g/mol. The second-order valence-corrected chi connectivity index (χ2v) is 8.55. The third-order valence-electron chi connectivity index (χ3n) is 5.58. The fourth-order valence-corrected chi connectivity index (χ4v) is 3.18. The standard InChI is InChI=1S/C24H34O7/c1-22(2,30-25)18-7-11-20(12-8-18)24(5,29-17-28-16-15-27-6)21-13-9-19(10-14-21)23(3,4)31-26/h7-14,25-26H,15-17H2,1-6H3. The van der Waals surface area contributed by atoms with Crippen LogP contribution in [-0.2, 0) is 40.8 Å². The lowest BCUT2D eigenvalue weighted by molar-refractivity contribution is -0.318. The zero-order valence-corrected chi connectivity index (χ0v) is 19.2. The normalized spacial score (nSPS) is 12.9. The third-order valence-corrected chi connectivity index (χ3v) is 5.58. The Morgan fingerprint density at radius 3 is 1.39 bits per heavy atom. The number of methoxy groups -OCH3 is 1. The minimum absolute atomic E-state index is 0.0832. The van der Waals surface area contributed by atoms with Crippen molar-refractivity contribution in [2.24, 2.45) is 0 Å². The molecule has 0 fully saturated rings. The summed E-state index contributed by atoms with van der Waals surface area (Å²) in [5.74, 6) is 0. The predicted octanol–water partition coefficient (Wildman–Crippen LogP) is 5.04. The second kappa shape index (κ2) is 10.7. The highest BCUT2D eigenvalue weighted by molar-refractivity contribution is 5.39. The van der Waals surface area contributed by atoms with Crippen LogP contribution in [0.4, 0.5) is 0 Å².